The lowest BCUT2D eigenvalue weighted by atomic mass is 10.0. The van der Waals surface area contributed by atoms with Gasteiger partial charge in [-0.3, -0.25) is 14.4 Å². The van der Waals surface area contributed by atoms with Gasteiger partial charge in [0.2, 0.25) is 5.91 Å². The molecule has 1 saturated heterocycles. The standard InChI is InChI=1S/C20H18ClN3O5S/c21-14-5-3-13(4-6-14)15-8-16(17-2-1-7-28-17)24(22-15)18(25)10-29-20(27)9-23-12-30-11-19(23)26/h1-7,16H,8-12H2. The van der Waals surface area contributed by atoms with Gasteiger partial charge in [0.1, 0.15) is 18.3 Å². The van der Waals surface area contributed by atoms with Gasteiger partial charge >= 0.3 is 5.97 Å². The molecule has 30 heavy (non-hydrogen) atoms. The highest BCUT2D eigenvalue weighted by Crippen LogP contribution is 2.33. The van der Waals surface area contributed by atoms with E-state index < -0.39 is 24.5 Å². The Balaban J connectivity index is 1.44. The number of benzene rings is 1. The Morgan fingerprint density at radius 1 is 1.27 bits per heavy atom. The van der Waals surface area contributed by atoms with Crippen LogP contribution in [0.2, 0.25) is 5.02 Å². The summed E-state index contributed by atoms with van der Waals surface area (Å²) in [5.74, 6) is 0.168. The maximum atomic E-state index is 12.8. The Labute approximate surface area is 181 Å². The third-order valence-corrected chi connectivity index (χ3v) is 5.91. The molecule has 1 atom stereocenters. The van der Waals surface area contributed by atoms with E-state index >= 15 is 0 Å². The van der Waals surface area contributed by atoms with Gasteiger partial charge < -0.3 is 14.1 Å². The minimum Gasteiger partial charge on any atom is -0.467 e. The van der Waals surface area contributed by atoms with Crippen LogP contribution in [0.3, 0.4) is 0 Å². The minimum absolute atomic E-state index is 0.113. The molecule has 0 radical (unpaired) electrons. The second kappa shape index (κ2) is 8.93. The van der Waals surface area contributed by atoms with Crippen molar-refractivity contribution in [1.29, 1.82) is 0 Å². The molecule has 0 aliphatic carbocycles. The first kappa shape index (κ1) is 20.5. The molecule has 1 unspecified atom stereocenters. The van der Waals surface area contributed by atoms with Gasteiger partial charge in [-0.05, 0) is 29.8 Å². The fourth-order valence-electron chi connectivity index (χ4n) is 3.21. The van der Waals surface area contributed by atoms with Crippen molar-refractivity contribution in [3.05, 3.63) is 59.0 Å². The number of ether oxygens (including phenoxy) is 1. The van der Waals surface area contributed by atoms with Crippen molar-refractivity contribution in [2.24, 2.45) is 5.10 Å². The van der Waals surface area contributed by atoms with Gasteiger partial charge in [-0.25, -0.2) is 5.01 Å². The monoisotopic (exact) mass is 447 g/mol. The first-order valence-corrected chi connectivity index (χ1v) is 10.7. The number of carbonyl (C=O) groups excluding carboxylic acids is 3. The Morgan fingerprint density at radius 2 is 2.07 bits per heavy atom. The van der Waals surface area contributed by atoms with Crippen LogP contribution >= 0.6 is 23.4 Å². The van der Waals surface area contributed by atoms with E-state index in [1.54, 1.807) is 24.3 Å². The summed E-state index contributed by atoms with van der Waals surface area (Å²) in [6.07, 6.45) is 1.98. The molecule has 0 bridgehead atoms. The number of furan rings is 1. The van der Waals surface area contributed by atoms with Crippen LogP contribution in [0.5, 0.6) is 0 Å². The fraction of sp³-hybridized carbons (Fsp3) is 0.300. The number of nitrogens with zero attached hydrogens (tertiary/aromatic N) is 3. The first-order chi connectivity index (χ1) is 14.5. The third kappa shape index (κ3) is 4.52. The zero-order chi connectivity index (χ0) is 21.1. The molecule has 0 N–H and O–H groups in total. The van der Waals surface area contributed by atoms with Crippen LogP contribution in [-0.4, -0.2) is 58.2 Å². The van der Waals surface area contributed by atoms with Gasteiger partial charge in [0.15, 0.2) is 6.61 Å². The van der Waals surface area contributed by atoms with Crippen LogP contribution in [0.4, 0.5) is 0 Å². The van der Waals surface area contributed by atoms with E-state index in [2.05, 4.69) is 5.10 Å². The van der Waals surface area contributed by atoms with Crippen molar-refractivity contribution in [1.82, 2.24) is 9.91 Å². The number of thioether (sulfide) groups is 1. The van der Waals surface area contributed by atoms with Crippen LogP contribution in [0, 0.1) is 0 Å². The van der Waals surface area contributed by atoms with Gasteiger partial charge in [-0.1, -0.05) is 23.7 Å². The summed E-state index contributed by atoms with van der Waals surface area (Å²) in [7, 11) is 0. The topological polar surface area (TPSA) is 92.4 Å². The molecule has 1 fully saturated rings. The van der Waals surface area contributed by atoms with E-state index in [0.29, 0.717) is 34.5 Å². The quantitative estimate of drug-likeness (QED) is 0.632. The predicted octanol–water partition coefficient (Wildman–Crippen LogP) is 2.69. The number of hydrogen-bond donors (Lipinski definition) is 0. The molecule has 0 spiro atoms. The highest BCUT2D eigenvalue weighted by Gasteiger charge is 2.35. The molecular weight excluding hydrogens is 430 g/mol. The minimum atomic E-state index is -0.630. The largest absolute Gasteiger partial charge is 0.467 e. The van der Waals surface area contributed by atoms with Crippen molar-refractivity contribution < 1.29 is 23.5 Å². The predicted molar refractivity (Wildman–Crippen MR) is 111 cm³/mol. The lowest BCUT2D eigenvalue weighted by molar-refractivity contribution is -0.154. The second-order valence-corrected chi connectivity index (χ2v) is 8.15. The molecule has 10 heteroatoms. The second-order valence-electron chi connectivity index (χ2n) is 6.76. The summed E-state index contributed by atoms with van der Waals surface area (Å²) in [5.41, 5.74) is 1.54. The van der Waals surface area contributed by atoms with Crippen LogP contribution < -0.4 is 0 Å². The average molecular weight is 448 g/mol. The number of amides is 2. The Hall–Kier alpha value is -2.78. The van der Waals surface area contributed by atoms with Gasteiger partial charge in [0, 0.05) is 11.4 Å². The number of esters is 1. The average Bonchev–Trinajstić information content (AvgIpc) is 3.48. The zero-order valence-corrected chi connectivity index (χ0v) is 17.4. The third-order valence-electron chi connectivity index (χ3n) is 4.72. The molecule has 1 aromatic carbocycles. The molecule has 3 heterocycles. The van der Waals surface area contributed by atoms with Gasteiger partial charge in [-0.2, -0.15) is 5.10 Å². The molecule has 2 aromatic rings. The molecule has 156 valence electrons. The maximum absolute atomic E-state index is 12.8. The van der Waals surface area contributed by atoms with Crippen molar-refractivity contribution in [3.8, 4) is 0 Å². The van der Waals surface area contributed by atoms with E-state index in [4.69, 9.17) is 20.8 Å². The van der Waals surface area contributed by atoms with E-state index in [-0.39, 0.29) is 12.5 Å². The summed E-state index contributed by atoms with van der Waals surface area (Å²) in [6.45, 7) is -0.636. The lowest BCUT2D eigenvalue weighted by Gasteiger charge is -2.20. The van der Waals surface area contributed by atoms with Crippen molar-refractivity contribution in [3.63, 3.8) is 0 Å². The van der Waals surface area contributed by atoms with Crippen LogP contribution in [0.25, 0.3) is 0 Å². The number of halogens is 1. The highest BCUT2D eigenvalue weighted by atomic mass is 35.5. The first-order valence-electron chi connectivity index (χ1n) is 9.21. The summed E-state index contributed by atoms with van der Waals surface area (Å²) >= 11 is 7.39. The Kier molecular flexibility index (Phi) is 6.10. The molecule has 0 saturated carbocycles. The fourth-order valence-corrected chi connectivity index (χ4v) is 4.24. The van der Waals surface area contributed by atoms with Crippen molar-refractivity contribution >= 4 is 46.9 Å². The number of carbonyl (C=O) groups is 3. The molecule has 1 aromatic heterocycles. The number of hydrogen-bond acceptors (Lipinski definition) is 7. The van der Waals surface area contributed by atoms with E-state index in [1.807, 2.05) is 12.1 Å². The molecular formula is C20H18ClN3O5S. The SMILES string of the molecule is O=C(CN1CSCC1=O)OCC(=O)N1N=C(c2ccc(Cl)cc2)CC1c1ccco1. The Morgan fingerprint density at radius 3 is 2.73 bits per heavy atom. The van der Waals surface area contributed by atoms with Crippen LogP contribution in [0.15, 0.2) is 52.2 Å². The molecule has 4 rings (SSSR count). The smallest absolute Gasteiger partial charge is 0.326 e. The van der Waals surface area contributed by atoms with Gasteiger partial charge in [0.05, 0.1) is 23.6 Å². The van der Waals surface area contributed by atoms with E-state index in [0.717, 1.165) is 5.56 Å². The number of rotatable bonds is 6. The van der Waals surface area contributed by atoms with Crippen LogP contribution in [0.1, 0.15) is 23.8 Å². The maximum Gasteiger partial charge on any atom is 0.326 e. The summed E-state index contributed by atoms with van der Waals surface area (Å²) in [6, 6.07) is 10.3. The van der Waals surface area contributed by atoms with Crippen molar-refractivity contribution in [2.75, 3.05) is 24.8 Å². The number of hydrazone groups is 1. The van der Waals surface area contributed by atoms with Gasteiger partial charge in [0.25, 0.3) is 5.91 Å². The van der Waals surface area contributed by atoms with E-state index in [1.165, 1.54) is 27.9 Å². The lowest BCUT2D eigenvalue weighted by Crippen LogP contribution is -2.35. The zero-order valence-electron chi connectivity index (χ0n) is 15.8. The highest BCUT2D eigenvalue weighted by molar-refractivity contribution is 8.00. The Bertz CT molecular complexity index is 977. The normalized spacial score (nSPS) is 18.6. The van der Waals surface area contributed by atoms with E-state index in [9.17, 15) is 14.4 Å². The molecule has 8 nitrogen and oxygen atoms in total. The summed E-state index contributed by atoms with van der Waals surface area (Å²) in [5, 5.41) is 6.35. The molecule has 2 amide bonds. The molecule has 2 aliphatic rings. The molecule has 2 aliphatic heterocycles. The van der Waals surface area contributed by atoms with Crippen molar-refractivity contribution in [2.45, 2.75) is 12.5 Å². The summed E-state index contributed by atoms with van der Waals surface area (Å²) < 4.78 is 10.6. The van der Waals surface area contributed by atoms with Gasteiger partial charge in [-0.15, -0.1) is 11.8 Å². The van der Waals surface area contributed by atoms with Crippen LogP contribution in [-0.2, 0) is 19.1 Å². The summed E-state index contributed by atoms with van der Waals surface area (Å²) in [4.78, 5) is 37.8.